The summed E-state index contributed by atoms with van der Waals surface area (Å²) >= 11 is 0. The summed E-state index contributed by atoms with van der Waals surface area (Å²) < 4.78 is 5.41. The highest BCUT2D eigenvalue weighted by Crippen LogP contribution is 2.11. The average molecular weight is 223 g/mol. The molecule has 2 rings (SSSR count). The van der Waals surface area contributed by atoms with Crippen molar-refractivity contribution in [2.45, 2.75) is 12.6 Å². The van der Waals surface area contributed by atoms with Gasteiger partial charge in [-0.2, -0.15) is 0 Å². The Morgan fingerprint density at radius 2 is 2.44 bits per heavy atom. The van der Waals surface area contributed by atoms with Crippen LogP contribution in [0, 0.1) is 0 Å². The summed E-state index contributed by atoms with van der Waals surface area (Å²) in [5.74, 6) is 1.06. The van der Waals surface area contributed by atoms with Crippen molar-refractivity contribution in [1.29, 1.82) is 0 Å². The molecule has 1 fully saturated rings. The zero-order valence-electron chi connectivity index (χ0n) is 10.1. The van der Waals surface area contributed by atoms with Crippen molar-refractivity contribution in [3.63, 3.8) is 0 Å². The lowest BCUT2D eigenvalue weighted by Gasteiger charge is -2.37. The molecule has 0 radical (unpaired) electrons. The number of likely N-dealkylation sites (N-methyl/N-ethyl adjacent to an activating group) is 1. The predicted octanol–water partition coefficient (Wildman–Crippen LogP) is 0.615. The van der Waals surface area contributed by atoms with Crippen LogP contribution in [-0.2, 0) is 6.54 Å². The molecule has 0 aromatic carbocycles. The third-order valence-corrected chi connectivity index (χ3v) is 2.99. The first kappa shape index (κ1) is 11.6. The molecule has 4 heteroatoms. The fraction of sp³-hybridized carbons (Fsp3) is 0.667. The molecule has 1 aliphatic heterocycles. The predicted molar refractivity (Wildman–Crippen MR) is 64.3 cm³/mol. The van der Waals surface area contributed by atoms with E-state index in [1.165, 1.54) is 0 Å². The Hall–Kier alpha value is -0.840. The van der Waals surface area contributed by atoms with Gasteiger partial charge in [0.2, 0.25) is 0 Å². The zero-order valence-corrected chi connectivity index (χ0v) is 10.1. The molecule has 90 valence electrons. The first-order valence-electron chi connectivity index (χ1n) is 5.87. The van der Waals surface area contributed by atoms with Gasteiger partial charge in [0.05, 0.1) is 12.8 Å². The van der Waals surface area contributed by atoms with E-state index in [2.05, 4.69) is 35.3 Å². The molecule has 1 aliphatic rings. The lowest BCUT2D eigenvalue weighted by molar-refractivity contribution is 0.118. The largest absolute Gasteiger partial charge is 0.468 e. The van der Waals surface area contributed by atoms with Gasteiger partial charge < -0.3 is 14.6 Å². The smallest absolute Gasteiger partial charge is 0.117 e. The number of nitrogens with one attached hydrogen (secondary N) is 1. The normalized spacial score (nSPS) is 22.8. The molecule has 1 saturated heterocycles. The van der Waals surface area contributed by atoms with E-state index in [0.29, 0.717) is 6.04 Å². The molecule has 1 aromatic heterocycles. The van der Waals surface area contributed by atoms with Gasteiger partial charge in [-0.1, -0.05) is 0 Å². The average Bonchev–Trinajstić information content (AvgIpc) is 2.73. The van der Waals surface area contributed by atoms with Crippen molar-refractivity contribution in [3.05, 3.63) is 24.2 Å². The van der Waals surface area contributed by atoms with Crippen molar-refractivity contribution in [1.82, 2.24) is 15.1 Å². The second-order valence-corrected chi connectivity index (χ2v) is 4.67. The molecule has 0 saturated carbocycles. The van der Waals surface area contributed by atoms with Crippen molar-refractivity contribution in [2.75, 3.05) is 40.3 Å². The first-order valence-corrected chi connectivity index (χ1v) is 5.87. The van der Waals surface area contributed by atoms with Gasteiger partial charge in [-0.15, -0.1) is 0 Å². The molecule has 0 aliphatic carbocycles. The SMILES string of the molecule is CN(C)CC1CNCCN1Cc1ccco1. The van der Waals surface area contributed by atoms with E-state index >= 15 is 0 Å². The van der Waals surface area contributed by atoms with Crippen LogP contribution in [0.25, 0.3) is 0 Å². The number of furan rings is 1. The van der Waals surface area contributed by atoms with Crippen LogP contribution in [0.15, 0.2) is 22.8 Å². The third-order valence-electron chi connectivity index (χ3n) is 2.99. The van der Waals surface area contributed by atoms with Crippen molar-refractivity contribution in [3.8, 4) is 0 Å². The van der Waals surface area contributed by atoms with Gasteiger partial charge in [-0.05, 0) is 26.2 Å². The van der Waals surface area contributed by atoms with E-state index in [4.69, 9.17) is 4.42 Å². The monoisotopic (exact) mass is 223 g/mol. The first-order chi connectivity index (χ1) is 7.75. The number of piperazine rings is 1. The highest BCUT2D eigenvalue weighted by molar-refractivity contribution is 4.99. The molecule has 16 heavy (non-hydrogen) atoms. The Labute approximate surface area is 97.2 Å². The zero-order chi connectivity index (χ0) is 11.4. The van der Waals surface area contributed by atoms with Crippen LogP contribution in [0.2, 0.25) is 0 Å². The van der Waals surface area contributed by atoms with E-state index in [9.17, 15) is 0 Å². The maximum absolute atomic E-state index is 5.41. The number of hydrogen-bond acceptors (Lipinski definition) is 4. The van der Waals surface area contributed by atoms with Crippen LogP contribution in [-0.4, -0.2) is 56.1 Å². The molecule has 1 N–H and O–H groups in total. The highest BCUT2D eigenvalue weighted by Gasteiger charge is 2.23. The molecule has 0 spiro atoms. The number of rotatable bonds is 4. The van der Waals surface area contributed by atoms with Crippen LogP contribution >= 0.6 is 0 Å². The minimum atomic E-state index is 0.578. The number of hydrogen-bond donors (Lipinski definition) is 1. The fourth-order valence-corrected chi connectivity index (χ4v) is 2.22. The molecule has 1 atom stereocenters. The lowest BCUT2D eigenvalue weighted by atomic mass is 10.1. The summed E-state index contributed by atoms with van der Waals surface area (Å²) in [6.07, 6.45) is 1.75. The maximum atomic E-state index is 5.41. The summed E-state index contributed by atoms with van der Waals surface area (Å²) in [6, 6.07) is 4.58. The van der Waals surface area contributed by atoms with Crippen molar-refractivity contribution >= 4 is 0 Å². The Morgan fingerprint density at radius 3 is 3.12 bits per heavy atom. The fourth-order valence-electron chi connectivity index (χ4n) is 2.22. The molecular formula is C12H21N3O. The maximum Gasteiger partial charge on any atom is 0.117 e. The Bertz CT molecular complexity index is 297. The summed E-state index contributed by atoms with van der Waals surface area (Å²) in [5, 5.41) is 3.45. The van der Waals surface area contributed by atoms with Gasteiger partial charge in [0, 0.05) is 32.2 Å². The Balaban J connectivity index is 1.93. The van der Waals surface area contributed by atoms with E-state index in [-0.39, 0.29) is 0 Å². The summed E-state index contributed by atoms with van der Waals surface area (Å²) in [6.45, 7) is 5.25. The Morgan fingerprint density at radius 1 is 1.56 bits per heavy atom. The molecule has 1 unspecified atom stereocenters. The minimum Gasteiger partial charge on any atom is -0.468 e. The van der Waals surface area contributed by atoms with Gasteiger partial charge in [0.25, 0.3) is 0 Å². The topological polar surface area (TPSA) is 31.6 Å². The standard InChI is InChI=1S/C12H21N3O/c1-14(2)9-11-8-13-5-6-15(11)10-12-4-3-7-16-12/h3-4,7,11,13H,5-6,8-10H2,1-2H3. The third kappa shape index (κ3) is 3.07. The molecule has 2 heterocycles. The summed E-state index contributed by atoms with van der Waals surface area (Å²) in [5.41, 5.74) is 0. The van der Waals surface area contributed by atoms with Crippen molar-refractivity contribution < 1.29 is 4.42 Å². The second kappa shape index (κ2) is 5.48. The van der Waals surface area contributed by atoms with Crippen LogP contribution in [0.4, 0.5) is 0 Å². The van der Waals surface area contributed by atoms with Crippen LogP contribution in [0.5, 0.6) is 0 Å². The van der Waals surface area contributed by atoms with E-state index < -0.39 is 0 Å². The lowest BCUT2D eigenvalue weighted by Crippen LogP contribution is -2.54. The molecular weight excluding hydrogens is 202 g/mol. The van der Waals surface area contributed by atoms with Gasteiger partial charge in [0.1, 0.15) is 5.76 Å². The van der Waals surface area contributed by atoms with E-state index in [0.717, 1.165) is 38.5 Å². The molecule has 1 aromatic rings. The van der Waals surface area contributed by atoms with Crippen LogP contribution in [0.3, 0.4) is 0 Å². The molecule has 4 nitrogen and oxygen atoms in total. The van der Waals surface area contributed by atoms with Gasteiger partial charge >= 0.3 is 0 Å². The van der Waals surface area contributed by atoms with Gasteiger partial charge in [0.15, 0.2) is 0 Å². The second-order valence-electron chi connectivity index (χ2n) is 4.67. The summed E-state index contributed by atoms with van der Waals surface area (Å²) in [4.78, 5) is 4.74. The number of nitrogens with zero attached hydrogens (tertiary/aromatic N) is 2. The molecule has 0 amide bonds. The van der Waals surface area contributed by atoms with Crippen molar-refractivity contribution in [2.24, 2.45) is 0 Å². The van der Waals surface area contributed by atoms with Crippen LogP contribution in [0.1, 0.15) is 5.76 Å². The minimum absolute atomic E-state index is 0.578. The van der Waals surface area contributed by atoms with E-state index in [1.807, 2.05) is 6.07 Å². The van der Waals surface area contributed by atoms with Gasteiger partial charge in [-0.3, -0.25) is 4.90 Å². The Kier molecular flexibility index (Phi) is 3.98. The molecule has 0 bridgehead atoms. The quantitative estimate of drug-likeness (QED) is 0.810. The summed E-state index contributed by atoms with van der Waals surface area (Å²) in [7, 11) is 4.25. The highest BCUT2D eigenvalue weighted by atomic mass is 16.3. The van der Waals surface area contributed by atoms with Gasteiger partial charge in [-0.25, -0.2) is 0 Å². The van der Waals surface area contributed by atoms with Crippen LogP contribution < -0.4 is 5.32 Å². The van der Waals surface area contributed by atoms with E-state index in [1.54, 1.807) is 6.26 Å².